The zero-order valence-corrected chi connectivity index (χ0v) is 12.7. The molecule has 8 heteroatoms. The molecule has 0 bridgehead atoms. The van der Waals surface area contributed by atoms with Crippen LogP contribution in [-0.4, -0.2) is 21.9 Å². The first-order chi connectivity index (χ1) is 10.2. The molecular weight excluding hydrogens is 290 g/mol. The monoisotopic (exact) mass is 307 g/mol. The summed E-state index contributed by atoms with van der Waals surface area (Å²) in [6.07, 6.45) is 3.06. The average molecular weight is 307 g/mol. The number of aromatic nitrogens is 2. The molecule has 0 aliphatic heterocycles. The van der Waals surface area contributed by atoms with E-state index in [2.05, 4.69) is 27.5 Å². The number of hydrogen-bond donors (Lipinski definition) is 2. The number of thiophene rings is 1. The van der Waals surface area contributed by atoms with E-state index in [1.54, 1.807) is 18.4 Å². The number of anilines is 2. The first-order valence-electron chi connectivity index (χ1n) is 6.64. The zero-order valence-electron chi connectivity index (χ0n) is 11.9. The van der Waals surface area contributed by atoms with E-state index >= 15 is 0 Å². The number of nitrogens with one attached hydrogen (secondary N) is 2. The maximum absolute atomic E-state index is 11.1. The minimum Gasteiger partial charge on any atom is -0.357 e. The molecule has 0 saturated heterocycles. The molecule has 0 fully saturated rings. The van der Waals surface area contributed by atoms with E-state index in [0.717, 1.165) is 17.7 Å². The van der Waals surface area contributed by atoms with Crippen LogP contribution in [-0.2, 0) is 0 Å². The number of hydrogen-bond acceptors (Lipinski definition) is 7. The third kappa shape index (κ3) is 3.66. The molecule has 2 aromatic heterocycles. The van der Waals surface area contributed by atoms with Crippen LogP contribution in [0.2, 0.25) is 0 Å². The maximum atomic E-state index is 11.1. The number of rotatable bonds is 7. The second-order valence-electron chi connectivity index (χ2n) is 4.44. The van der Waals surface area contributed by atoms with Gasteiger partial charge in [0.2, 0.25) is 11.8 Å². The molecule has 0 amide bonds. The Kier molecular flexibility index (Phi) is 5.04. The van der Waals surface area contributed by atoms with Crippen molar-refractivity contribution in [2.45, 2.75) is 25.8 Å². The van der Waals surface area contributed by atoms with Gasteiger partial charge < -0.3 is 10.6 Å². The van der Waals surface area contributed by atoms with Crippen LogP contribution in [0.3, 0.4) is 0 Å². The Labute approximate surface area is 126 Å². The van der Waals surface area contributed by atoms with Gasteiger partial charge in [-0.3, -0.25) is 10.1 Å². The highest BCUT2D eigenvalue weighted by Crippen LogP contribution is 2.30. The molecule has 0 saturated carbocycles. The normalized spacial score (nSPS) is 11.9. The van der Waals surface area contributed by atoms with Gasteiger partial charge in [-0.05, 0) is 17.9 Å². The minimum atomic E-state index is -0.473. The summed E-state index contributed by atoms with van der Waals surface area (Å²) >= 11 is 1.62. The van der Waals surface area contributed by atoms with E-state index in [1.807, 2.05) is 17.5 Å². The molecule has 0 radical (unpaired) electrons. The number of nitrogens with zero attached hydrogens (tertiary/aromatic N) is 3. The van der Waals surface area contributed by atoms with E-state index < -0.39 is 4.92 Å². The van der Waals surface area contributed by atoms with E-state index in [4.69, 9.17) is 0 Å². The van der Waals surface area contributed by atoms with Gasteiger partial charge in [0.15, 0.2) is 0 Å². The average Bonchev–Trinajstić information content (AvgIpc) is 3.00. The Morgan fingerprint density at radius 2 is 2.33 bits per heavy atom. The summed E-state index contributed by atoms with van der Waals surface area (Å²) in [7, 11) is 1.67. The summed E-state index contributed by atoms with van der Waals surface area (Å²) in [5.41, 5.74) is -0.119. The van der Waals surface area contributed by atoms with Crippen LogP contribution in [0.1, 0.15) is 30.7 Å². The summed E-state index contributed by atoms with van der Waals surface area (Å²) in [4.78, 5) is 19.8. The molecule has 0 spiro atoms. The summed E-state index contributed by atoms with van der Waals surface area (Å²) in [6.45, 7) is 2.08. The van der Waals surface area contributed by atoms with Crippen molar-refractivity contribution in [3.8, 4) is 0 Å². The largest absolute Gasteiger partial charge is 0.357 e. The molecule has 2 heterocycles. The Bertz CT molecular complexity index is 603. The fourth-order valence-electron chi connectivity index (χ4n) is 1.96. The van der Waals surface area contributed by atoms with E-state index in [1.165, 1.54) is 6.20 Å². The summed E-state index contributed by atoms with van der Waals surface area (Å²) < 4.78 is 0. The van der Waals surface area contributed by atoms with Crippen molar-refractivity contribution in [2.75, 3.05) is 17.7 Å². The fraction of sp³-hybridized carbons (Fsp3) is 0.385. The van der Waals surface area contributed by atoms with Crippen LogP contribution in [0, 0.1) is 10.1 Å². The molecule has 0 aliphatic carbocycles. The fourth-order valence-corrected chi connectivity index (χ4v) is 2.78. The van der Waals surface area contributed by atoms with Crippen molar-refractivity contribution in [3.63, 3.8) is 0 Å². The zero-order chi connectivity index (χ0) is 15.2. The van der Waals surface area contributed by atoms with E-state index in [-0.39, 0.29) is 17.5 Å². The van der Waals surface area contributed by atoms with Gasteiger partial charge in [0, 0.05) is 11.9 Å². The van der Waals surface area contributed by atoms with Crippen molar-refractivity contribution in [1.82, 2.24) is 9.97 Å². The first kappa shape index (κ1) is 15.2. The Morgan fingerprint density at radius 1 is 1.52 bits per heavy atom. The smallest absolute Gasteiger partial charge is 0.329 e. The SMILES string of the molecule is CCCC(Nc1nc(NC)ncc1[N+](=O)[O-])c1cccs1. The van der Waals surface area contributed by atoms with Crippen LogP contribution in [0.5, 0.6) is 0 Å². The van der Waals surface area contributed by atoms with Gasteiger partial charge in [-0.2, -0.15) is 4.98 Å². The highest BCUT2D eigenvalue weighted by Gasteiger charge is 2.21. The third-order valence-electron chi connectivity index (χ3n) is 2.96. The molecule has 2 rings (SSSR count). The second kappa shape index (κ2) is 6.98. The van der Waals surface area contributed by atoms with Gasteiger partial charge in [-0.15, -0.1) is 11.3 Å². The Balaban J connectivity index is 2.32. The van der Waals surface area contributed by atoms with Crippen LogP contribution in [0.25, 0.3) is 0 Å². The lowest BCUT2D eigenvalue weighted by Gasteiger charge is -2.17. The molecule has 0 aromatic carbocycles. The third-order valence-corrected chi connectivity index (χ3v) is 3.95. The summed E-state index contributed by atoms with van der Waals surface area (Å²) in [5, 5.41) is 19.1. The van der Waals surface area contributed by atoms with Gasteiger partial charge >= 0.3 is 5.69 Å². The van der Waals surface area contributed by atoms with E-state index in [9.17, 15) is 10.1 Å². The lowest BCUT2D eigenvalue weighted by Crippen LogP contribution is -2.13. The lowest BCUT2D eigenvalue weighted by molar-refractivity contribution is -0.384. The molecule has 2 N–H and O–H groups in total. The lowest BCUT2D eigenvalue weighted by atomic mass is 10.1. The Morgan fingerprint density at radius 3 is 2.90 bits per heavy atom. The molecule has 1 atom stereocenters. The van der Waals surface area contributed by atoms with Crippen LogP contribution in [0.4, 0.5) is 17.5 Å². The second-order valence-corrected chi connectivity index (χ2v) is 5.41. The highest BCUT2D eigenvalue weighted by molar-refractivity contribution is 7.10. The predicted molar refractivity (Wildman–Crippen MR) is 83.8 cm³/mol. The van der Waals surface area contributed by atoms with Crippen LogP contribution in [0.15, 0.2) is 23.7 Å². The highest BCUT2D eigenvalue weighted by atomic mass is 32.1. The molecule has 112 valence electrons. The van der Waals surface area contributed by atoms with Crippen LogP contribution < -0.4 is 10.6 Å². The molecule has 1 unspecified atom stereocenters. The standard InChI is InChI=1S/C13H17N5O2S/c1-3-5-9(11-6-4-7-21-11)16-12-10(18(19)20)8-15-13(14-2)17-12/h4,6-9H,3,5H2,1-2H3,(H2,14,15,16,17). The minimum absolute atomic E-state index is 0.00769. The van der Waals surface area contributed by atoms with Crippen molar-refractivity contribution in [3.05, 3.63) is 38.7 Å². The summed E-state index contributed by atoms with van der Waals surface area (Å²) in [6, 6.07) is 4.00. The quantitative estimate of drug-likeness (QED) is 0.601. The Hall–Kier alpha value is -2.22. The van der Waals surface area contributed by atoms with Gasteiger partial charge in [-0.25, -0.2) is 4.98 Å². The van der Waals surface area contributed by atoms with E-state index in [0.29, 0.717) is 5.95 Å². The molecule has 2 aromatic rings. The molecule has 0 aliphatic rings. The van der Waals surface area contributed by atoms with Crippen molar-refractivity contribution < 1.29 is 4.92 Å². The molecule has 7 nitrogen and oxygen atoms in total. The van der Waals surface area contributed by atoms with Gasteiger partial charge in [0.25, 0.3) is 0 Å². The molecule has 21 heavy (non-hydrogen) atoms. The summed E-state index contributed by atoms with van der Waals surface area (Å²) in [5.74, 6) is 0.593. The van der Waals surface area contributed by atoms with Crippen molar-refractivity contribution in [1.29, 1.82) is 0 Å². The topological polar surface area (TPSA) is 93.0 Å². The van der Waals surface area contributed by atoms with Crippen molar-refractivity contribution in [2.24, 2.45) is 0 Å². The van der Waals surface area contributed by atoms with Crippen molar-refractivity contribution >= 4 is 28.8 Å². The van der Waals surface area contributed by atoms with Gasteiger partial charge in [0.1, 0.15) is 6.20 Å². The predicted octanol–water partition coefficient (Wildman–Crippen LogP) is 3.44. The van der Waals surface area contributed by atoms with Crippen LogP contribution >= 0.6 is 11.3 Å². The number of nitro groups is 1. The first-order valence-corrected chi connectivity index (χ1v) is 7.52. The van der Waals surface area contributed by atoms with Gasteiger partial charge in [0.05, 0.1) is 11.0 Å². The van der Waals surface area contributed by atoms with Gasteiger partial charge in [-0.1, -0.05) is 19.4 Å². The maximum Gasteiger partial charge on any atom is 0.329 e. The molecular formula is C13H17N5O2S.